The molecule has 0 fully saturated rings. The third-order valence-electron chi connectivity index (χ3n) is 3.67. The molecule has 2 aromatic carbocycles. The van der Waals surface area contributed by atoms with Crippen LogP contribution in [0.5, 0.6) is 0 Å². The Morgan fingerprint density at radius 1 is 0.913 bits per heavy atom. The van der Waals surface area contributed by atoms with Crippen LogP contribution >= 0.6 is 0 Å². The van der Waals surface area contributed by atoms with Gasteiger partial charge < -0.3 is 10.6 Å². The first kappa shape index (κ1) is 16.7. The summed E-state index contributed by atoms with van der Waals surface area (Å²) in [6.45, 7) is 7.50. The van der Waals surface area contributed by atoms with Gasteiger partial charge in [-0.3, -0.25) is 9.59 Å². The third-order valence-corrected chi connectivity index (χ3v) is 3.67. The van der Waals surface area contributed by atoms with Crippen molar-refractivity contribution in [2.45, 2.75) is 27.7 Å². The van der Waals surface area contributed by atoms with Gasteiger partial charge in [0.2, 0.25) is 5.91 Å². The normalized spacial score (nSPS) is 10.5. The number of anilines is 2. The van der Waals surface area contributed by atoms with Crippen molar-refractivity contribution in [2.75, 3.05) is 10.6 Å². The molecule has 0 atom stereocenters. The quantitative estimate of drug-likeness (QED) is 0.891. The summed E-state index contributed by atoms with van der Waals surface area (Å²) in [6.07, 6.45) is 0. The van der Waals surface area contributed by atoms with E-state index < -0.39 is 0 Å². The molecule has 0 aliphatic rings. The number of carbonyl (C=O) groups excluding carboxylic acids is 2. The third kappa shape index (κ3) is 4.19. The molecule has 0 heterocycles. The summed E-state index contributed by atoms with van der Waals surface area (Å²) < 4.78 is 0. The number of aryl methyl sites for hydroxylation is 2. The van der Waals surface area contributed by atoms with Crippen molar-refractivity contribution >= 4 is 23.2 Å². The van der Waals surface area contributed by atoms with Crippen molar-refractivity contribution in [1.29, 1.82) is 0 Å². The number of hydrogen-bond acceptors (Lipinski definition) is 2. The van der Waals surface area contributed by atoms with E-state index in [1.165, 1.54) is 0 Å². The molecule has 0 radical (unpaired) electrons. The van der Waals surface area contributed by atoms with Gasteiger partial charge in [0.25, 0.3) is 5.91 Å². The molecule has 0 bridgehead atoms. The summed E-state index contributed by atoms with van der Waals surface area (Å²) in [7, 11) is 0. The van der Waals surface area contributed by atoms with Gasteiger partial charge in [0.1, 0.15) is 0 Å². The molecular formula is C19H22N2O2. The minimum atomic E-state index is -0.159. The van der Waals surface area contributed by atoms with Crippen molar-refractivity contribution in [3.8, 4) is 0 Å². The number of rotatable bonds is 4. The van der Waals surface area contributed by atoms with Gasteiger partial charge >= 0.3 is 0 Å². The first-order valence-corrected chi connectivity index (χ1v) is 7.67. The zero-order valence-electron chi connectivity index (χ0n) is 13.9. The lowest BCUT2D eigenvalue weighted by atomic mass is 10.1. The van der Waals surface area contributed by atoms with Gasteiger partial charge in [-0.15, -0.1) is 0 Å². The highest BCUT2D eigenvalue weighted by Crippen LogP contribution is 2.22. The molecule has 0 aromatic heterocycles. The van der Waals surface area contributed by atoms with Crippen LogP contribution in [0, 0.1) is 19.8 Å². The topological polar surface area (TPSA) is 58.2 Å². The number of benzene rings is 2. The van der Waals surface area contributed by atoms with E-state index in [-0.39, 0.29) is 17.7 Å². The number of hydrogen-bond donors (Lipinski definition) is 2. The molecule has 120 valence electrons. The predicted octanol–water partition coefficient (Wildman–Crippen LogP) is 4.15. The zero-order valence-corrected chi connectivity index (χ0v) is 13.9. The van der Waals surface area contributed by atoms with E-state index in [9.17, 15) is 9.59 Å². The second-order valence-corrected chi connectivity index (χ2v) is 5.94. The summed E-state index contributed by atoms with van der Waals surface area (Å²) in [5.74, 6) is -0.303. The van der Waals surface area contributed by atoms with Gasteiger partial charge in [0.15, 0.2) is 0 Å². The molecular weight excluding hydrogens is 288 g/mol. The summed E-state index contributed by atoms with van der Waals surface area (Å²) in [5.41, 5.74) is 3.88. The van der Waals surface area contributed by atoms with Crippen molar-refractivity contribution in [2.24, 2.45) is 5.92 Å². The van der Waals surface area contributed by atoms with Crippen LogP contribution in [-0.2, 0) is 4.79 Å². The number of nitrogens with one attached hydrogen (secondary N) is 2. The van der Waals surface area contributed by atoms with Crippen LogP contribution in [0.2, 0.25) is 0 Å². The lowest BCUT2D eigenvalue weighted by Gasteiger charge is -2.13. The van der Waals surface area contributed by atoms with Gasteiger partial charge in [-0.1, -0.05) is 38.1 Å². The monoisotopic (exact) mass is 310 g/mol. The van der Waals surface area contributed by atoms with Crippen LogP contribution in [0.4, 0.5) is 11.4 Å². The first-order chi connectivity index (χ1) is 10.9. The molecule has 2 rings (SSSR count). The maximum atomic E-state index is 12.4. The van der Waals surface area contributed by atoms with Gasteiger partial charge in [-0.25, -0.2) is 0 Å². The van der Waals surface area contributed by atoms with Crippen molar-refractivity contribution in [3.05, 3.63) is 59.2 Å². The number of amides is 2. The van der Waals surface area contributed by atoms with E-state index in [4.69, 9.17) is 0 Å². The largest absolute Gasteiger partial charge is 0.326 e. The minimum Gasteiger partial charge on any atom is -0.326 e. The molecule has 0 saturated carbocycles. The average molecular weight is 310 g/mol. The summed E-state index contributed by atoms with van der Waals surface area (Å²) in [6, 6.07) is 12.9. The molecule has 0 unspecified atom stereocenters. The predicted molar refractivity (Wildman–Crippen MR) is 93.8 cm³/mol. The SMILES string of the molecule is Cc1ccc(NC(=O)c2ccccc2C)cc1NC(=O)C(C)C. The van der Waals surface area contributed by atoms with E-state index in [2.05, 4.69) is 10.6 Å². The summed E-state index contributed by atoms with van der Waals surface area (Å²) in [5, 5.41) is 5.76. The Labute approximate surface area is 136 Å². The molecule has 0 aliphatic heterocycles. The van der Waals surface area contributed by atoms with Crippen LogP contribution in [0.25, 0.3) is 0 Å². The standard InChI is InChI=1S/C19H22N2O2/c1-12(2)18(22)21-17-11-15(10-9-14(17)4)20-19(23)16-8-6-5-7-13(16)3/h5-12H,1-4H3,(H,20,23)(H,21,22). The Morgan fingerprint density at radius 3 is 2.26 bits per heavy atom. The second-order valence-electron chi connectivity index (χ2n) is 5.94. The molecule has 2 N–H and O–H groups in total. The highest BCUT2D eigenvalue weighted by atomic mass is 16.2. The van der Waals surface area contributed by atoms with Crippen molar-refractivity contribution in [3.63, 3.8) is 0 Å². The van der Waals surface area contributed by atoms with E-state index >= 15 is 0 Å². The molecule has 2 aromatic rings. The number of carbonyl (C=O) groups is 2. The van der Waals surface area contributed by atoms with Crippen molar-refractivity contribution in [1.82, 2.24) is 0 Å². The van der Waals surface area contributed by atoms with E-state index in [0.717, 1.165) is 11.1 Å². The van der Waals surface area contributed by atoms with Crippen LogP contribution in [0.1, 0.15) is 35.3 Å². The molecule has 23 heavy (non-hydrogen) atoms. The van der Waals surface area contributed by atoms with Crippen LogP contribution in [0.3, 0.4) is 0 Å². The molecule has 0 spiro atoms. The highest BCUT2D eigenvalue weighted by Gasteiger charge is 2.12. The Hall–Kier alpha value is -2.62. The van der Waals surface area contributed by atoms with E-state index in [1.54, 1.807) is 12.1 Å². The zero-order chi connectivity index (χ0) is 17.0. The maximum Gasteiger partial charge on any atom is 0.255 e. The molecule has 2 amide bonds. The Bertz CT molecular complexity index is 736. The molecule has 0 aliphatic carbocycles. The molecule has 4 nitrogen and oxygen atoms in total. The highest BCUT2D eigenvalue weighted by molar-refractivity contribution is 6.05. The smallest absolute Gasteiger partial charge is 0.255 e. The van der Waals surface area contributed by atoms with E-state index in [0.29, 0.717) is 16.9 Å². The van der Waals surface area contributed by atoms with Crippen LogP contribution < -0.4 is 10.6 Å². The molecule has 4 heteroatoms. The lowest BCUT2D eigenvalue weighted by Crippen LogP contribution is -2.19. The van der Waals surface area contributed by atoms with Gasteiger partial charge in [-0.2, -0.15) is 0 Å². The lowest BCUT2D eigenvalue weighted by molar-refractivity contribution is -0.118. The minimum absolute atomic E-state index is 0.0459. The van der Waals surface area contributed by atoms with Gasteiger partial charge in [0.05, 0.1) is 0 Å². The summed E-state index contributed by atoms with van der Waals surface area (Å²) >= 11 is 0. The first-order valence-electron chi connectivity index (χ1n) is 7.67. The average Bonchev–Trinajstić information content (AvgIpc) is 2.50. The van der Waals surface area contributed by atoms with Crippen LogP contribution in [0.15, 0.2) is 42.5 Å². The Morgan fingerprint density at radius 2 is 1.61 bits per heavy atom. The fraction of sp³-hybridized carbons (Fsp3) is 0.263. The molecule has 0 saturated heterocycles. The maximum absolute atomic E-state index is 12.4. The van der Waals surface area contributed by atoms with Crippen LogP contribution in [-0.4, -0.2) is 11.8 Å². The second kappa shape index (κ2) is 7.09. The fourth-order valence-corrected chi connectivity index (χ4v) is 2.14. The summed E-state index contributed by atoms with van der Waals surface area (Å²) in [4.78, 5) is 24.2. The van der Waals surface area contributed by atoms with E-state index in [1.807, 2.05) is 58.0 Å². The van der Waals surface area contributed by atoms with Crippen molar-refractivity contribution < 1.29 is 9.59 Å². The Balaban J connectivity index is 2.19. The van der Waals surface area contributed by atoms with Gasteiger partial charge in [0, 0.05) is 22.9 Å². The Kier molecular flexibility index (Phi) is 5.16. The fourth-order valence-electron chi connectivity index (χ4n) is 2.14. The van der Waals surface area contributed by atoms with Gasteiger partial charge in [-0.05, 0) is 43.2 Å².